The van der Waals surface area contributed by atoms with E-state index in [2.05, 4.69) is 20.6 Å². The Kier molecular flexibility index (Phi) is 6.85. The molecule has 1 unspecified atom stereocenters. The molecule has 0 saturated carbocycles. The standard InChI is InChI=1S/C24H24F3N5O2/c1-34-19-10-8-18(9-11-19)30-21-12-13-28-23(31-21)32-14-2-3-20(32)22(33)29-15-16-4-6-17(7-5-16)24(25,26)27/h4-13,20H,2-3,14-15H2,1H3,(H,29,33)(H,28,30,31). The first-order valence-corrected chi connectivity index (χ1v) is 10.8. The Morgan fingerprint density at radius 3 is 2.53 bits per heavy atom. The molecule has 1 saturated heterocycles. The third-order valence-corrected chi connectivity index (χ3v) is 5.57. The van der Waals surface area contributed by atoms with E-state index in [4.69, 9.17) is 4.74 Å². The molecule has 1 aliphatic heterocycles. The number of ether oxygens (including phenoxy) is 1. The number of carbonyl (C=O) groups excluding carboxylic acids is 1. The Morgan fingerprint density at radius 2 is 1.85 bits per heavy atom. The van der Waals surface area contributed by atoms with Crippen LogP contribution < -0.4 is 20.3 Å². The second-order valence-electron chi connectivity index (χ2n) is 7.86. The van der Waals surface area contributed by atoms with Gasteiger partial charge in [0, 0.05) is 25.0 Å². The number of benzene rings is 2. The number of aromatic nitrogens is 2. The minimum Gasteiger partial charge on any atom is -0.497 e. The van der Waals surface area contributed by atoms with Gasteiger partial charge in [-0.3, -0.25) is 4.79 Å². The number of hydrogen-bond acceptors (Lipinski definition) is 6. The molecule has 2 N–H and O–H groups in total. The van der Waals surface area contributed by atoms with E-state index < -0.39 is 17.8 Å². The van der Waals surface area contributed by atoms with E-state index in [0.717, 1.165) is 30.0 Å². The fraction of sp³-hybridized carbons (Fsp3) is 0.292. The molecule has 1 fully saturated rings. The molecule has 34 heavy (non-hydrogen) atoms. The number of nitrogens with zero attached hydrogens (tertiary/aromatic N) is 3. The monoisotopic (exact) mass is 471 g/mol. The number of anilines is 3. The van der Waals surface area contributed by atoms with Gasteiger partial charge in [0.25, 0.3) is 0 Å². The number of carbonyl (C=O) groups is 1. The Labute approximate surface area is 195 Å². The normalized spacial score (nSPS) is 15.8. The summed E-state index contributed by atoms with van der Waals surface area (Å²) in [5.41, 5.74) is 0.704. The van der Waals surface area contributed by atoms with Gasteiger partial charge in [-0.1, -0.05) is 12.1 Å². The molecule has 10 heteroatoms. The van der Waals surface area contributed by atoms with Gasteiger partial charge in [-0.25, -0.2) is 4.98 Å². The molecule has 0 spiro atoms. The van der Waals surface area contributed by atoms with Crippen molar-refractivity contribution < 1.29 is 22.7 Å². The van der Waals surface area contributed by atoms with Crippen LogP contribution in [0.3, 0.4) is 0 Å². The van der Waals surface area contributed by atoms with E-state index in [9.17, 15) is 18.0 Å². The minimum absolute atomic E-state index is 0.140. The molecule has 3 aromatic rings. The smallest absolute Gasteiger partial charge is 0.416 e. The topological polar surface area (TPSA) is 79.4 Å². The number of hydrogen-bond donors (Lipinski definition) is 2. The van der Waals surface area contributed by atoms with Gasteiger partial charge >= 0.3 is 6.18 Å². The van der Waals surface area contributed by atoms with Crippen LogP contribution in [-0.4, -0.2) is 35.6 Å². The van der Waals surface area contributed by atoms with E-state index in [1.54, 1.807) is 19.4 Å². The van der Waals surface area contributed by atoms with Crippen LogP contribution in [-0.2, 0) is 17.5 Å². The molecule has 7 nitrogen and oxygen atoms in total. The van der Waals surface area contributed by atoms with Crippen LogP contribution >= 0.6 is 0 Å². The van der Waals surface area contributed by atoms with Crippen molar-refractivity contribution in [3.63, 3.8) is 0 Å². The van der Waals surface area contributed by atoms with Crippen molar-refractivity contribution >= 4 is 23.4 Å². The van der Waals surface area contributed by atoms with Crippen LogP contribution in [0.1, 0.15) is 24.0 Å². The van der Waals surface area contributed by atoms with Crippen LogP contribution in [0.15, 0.2) is 60.8 Å². The first kappa shape index (κ1) is 23.3. The Morgan fingerprint density at radius 1 is 1.12 bits per heavy atom. The van der Waals surface area contributed by atoms with Crippen LogP contribution in [0, 0.1) is 0 Å². The molecule has 1 amide bonds. The van der Waals surface area contributed by atoms with Gasteiger partial charge in [0.1, 0.15) is 17.6 Å². The number of nitrogens with one attached hydrogen (secondary N) is 2. The zero-order chi connectivity index (χ0) is 24.1. The minimum atomic E-state index is -4.39. The Bertz CT molecular complexity index is 1120. The van der Waals surface area contributed by atoms with E-state index >= 15 is 0 Å². The molecule has 1 aromatic heterocycles. The highest BCUT2D eigenvalue weighted by Gasteiger charge is 2.33. The fourth-order valence-electron chi connectivity index (χ4n) is 3.78. The summed E-state index contributed by atoms with van der Waals surface area (Å²) in [7, 11) is 1.60. The summed E-state index contributed by atoms with van der Waals surface area (Å²) in [6, 6.07) is 13.5. The first-order valence-electron chi connectivity index (χ1n) is 10.8. The van der Waals surface area contributed by atoms with Crippen molar-refractivity contribution in [1.29, 1.82) is 0 Å². The largest absolute Gasteiger partial charge is 0.497 e. The average molecular weight is 471 g/mol. The summed E-state index contributed by atoms with van der Waals surface area (Å²) in [5.74, 6) is 1.56. The predicted molar refractivity (Wildman–Crippen MR) is 122 cm³/mol. The third-order valence-electron chi connectivity index (χ3n) is 5.57. The molecular formula is C24H24F3N5O2. The lowest BCUT2D eigenvalue weighted by atomic mass is 10.1. The first-order chi connectivity index (χ1) is 16.3. The zero-order valence-corrected chi connectivity index (χ0v) is 18.5. The van der Waals surface area contributed by atoms with Crippen molar-refractivity contribution in [2.75, 3.05) is 23.9 Å². The lowest BCUT2D eigenvalue weighted by Gasteiger charge is -2.24. The van der Waals surface area contributed by atoms with Crippen molar-refractivity contribution in [1.82, 2.24) is 15.3 Å². The molecule has 2 aromatic carbocycles. The van der Waals surface area contributed by atoms with Crippen LogP contribution in [0.4, 0.5) is 30.6 Å². The van der Waals surface area contributed by atoms with E-state index in [-0.39, 0.29) is 12.5 Å². The van der Waals surface area contributed by atoms with Crippen LogP contribution in [0.2, 0.25) is 0 Å². The highest BCUT2D eigenvalue weighted by atomic mass is 19.4. The maximum Gasteiger partial charge on any atom is 0.416 e. The molecule has 1 aliphatic rings. The van der Waals surface area contributed by atoms with Crippen LogP contribution in [0.25, 0.3) is 0 Å². The number of rotatable bonds is 7. The number of halogens is 3. The lowest BCUT2D eigenvalue weighted by Crippen LogP contribution is -2.43. The predicted octanol–water partition coefficient (Wildman–Crippen LogP) is 4.53. The van der Waals surface area contributed by atoms with Gasteiger partial charge in [-0.15, -0.1) is 0 Å². The maximum atomic E-state index is 12.8. The fourth-order valence-corrected chi connectivity index (χ4v) is 3.78. The highest BCUT2D eigenvalue weighted by Crippen LogP contribution is 2.29. The Hall–Kier alpha value is -3.82. The third kappa shape index (κ3) is 5.56. The highest BCUT2D eigenvalue weighted by molar-refractivity contribution is 5.85. The van der Waals surface area contributed by atoms with E-state index in [0.29, 0.717) is 30.3 Å². The molecule has 4 rings (SSSR count). The van der Waals surface area contributed by atoms with E-state index in [1.165, 1.54) is 12.1 Å². The van der Waals surface area contributed by atoms with Crippen molar-refractivity contribution in [2.45, 2.75) is 31.6 Å². The molecule has 0 bridgehead atoms. The number of alkyl halides is 3. The molecule has 2 heterocycles. The van der Waals surface area contributed by atoms with Gasteiger partial charge in [-0.05, 0) is 60.9 Å². The van der Waals surface area contributed by atoms with Crippen molar-refractivity contribution in [3.05, 3.63) is 71.9 Å². The van der Waals surface area contributed by atoms with Gasteiger partial charge in [0.05, 0.1) is 12.7 Å². The van der Waals surface area contributed by atoms with Crippen molar-refractivity contribution in [2.24, 2.45) is 0 Å². The number of amides is 1. The molecule has 1 atom stereocenters. The Balaban J connectivity index is 1.39. The van der Waals surface area contributed by atoms with E-state index in [1.807, 2.05) is 29.2 Å². The van der Waals surface area contributed by atoms with Gasteiger partial charge in [-0.2, -0.15) is 18.2 Å². The van der Waals surface area contributed by atoms with Gasteiger partial charge < -0.3 is 20.3 Å². The number of methoxy groups -OCH3 is 1. The molecule has 0 radical (unpaired) electrons. The summed E-state index contributed by atoms with van der Waals surface area (Å²) in [5, 5.41) is 6.03. The summed E-state index contributed by atoms with van der Waals surface area (Å²) >= 11 is 0. The van der Waals surface area contributed by atoms with Gasteiger partial charge in [0.15, 0.2) is 0 Å². The molecule has 0 aliphatic carbocycles. The molecular weight excluding hydrogens is 447 g/mol. The van der Waals surface area contributed by atoms with Crippen LogP contribution in [0.5, 0.6) is 5.75 Å². The van der Waals surface area contributed by atoms with Crippen molar-refractivity contribution in [3.8, 4) is 5.75 Å². The lowest BCUT2D eigenvalue weighted by molar-refractivity contribution is -0.137. The quantitative estimate of drug-likeness (QED) is 0.527. The zero-order valence-electron chi connectivity index (χ0n) is 18.5. The maximum absolute atomic E-state index is 12.8. The second kappa shape index (κ2) is 9.98. The van der Waals surface area contributed by atoms with Gasteiger partial charge in [0.2, 0.25) is 11.9 Å². The summed E-state index contributed by atoms with van der Waals surface area (Å²) in [4.78, 5) is 23.6. The second-order valence-corrected chi connectivity index (χ2v) is 7.86. The SMILES string of the molecule is COc1ccc(Nc2ccnc(N3CCCC3C(=O)NCc3ccc(C(F)(F)F)cc3)n2)cc1. The summed E-state index contributed by atoms with van der Waals surface area (Å²) < 4.78 is 43.3. The summed E-state index contributed by atoms with van der Waals surface area (Å²) in [6.45, 7) is 0.769. The average Bonchev–Trinajstić information content (AvgIpc) is 3.33. The summed E-state index contributed by atoms with van der Waals surface area (Å²) in [6.07, 6.45) is -1.32. The molecule has 178 valence electrons.